The number of nitrogens with zero attached hydrogens (tertiary/aromatic N) is 1. The molecule has 0 spiro atoms. The number of rotatable bonds is 1. The van der Waals surface area contributed by atoms with Gasteiger partial charge < -0.3 is 0 Å². The molecule has 0 unspecified atom stereocenters. The molecule has 0 aliphatic heterocycles. The smallest absolute Gasteiger partial charge is 0.267 e. The van der Waals surface area contributed by atoms with E-state index in [1.54, 1.807) is 3.96 Å². The maximum Gasteiger partial charge on any atom is 0.273 e. The number of benzene rings is 2. The van der Waals surface area contributed by atoms with Crippen molar-refractivity contribution in [3.8, 4) is 5.69 Å². The SMILES string of the molecule is Cc1cc(Br)c(-n2sc3ccccc3c2=O)cc1Cl. The fraction of sp³-hybridized carbons (Fsp3) is 0.0714. The molecule has 3 rings (SSSR count). The van der Waals surface area contributed by atoms with Crippen LogP contribution in [0.2, 0.25) is 5.02 Å². The van der Waals surface area contributed by atoms with Gasteiger partial charge in [0.05, 0.1) is 15.8 Å². The van der Waals surface area contributed by atoms with Crippen LogP contribution in [0.5, 0.6) is 0 Å². The first-order valence-corrected chi connectivity index (χ1v) is 7.59. The Hall–Kier alpha value is -1.10. The van der Waals surface area contributed by atoms with Crippen LogP contribution in [0.1, 0.15) is 5.56 Å². The number of hydrogen-bond donors (Lipinski definition) is 0. The van der Waals surface area contributed by atoms with Gasteiger partial charge in [-0.1, -0.05) is 35.3 Å². The molecule has 0 fully saturated rings. The lowest BCUT2D eigenvalue weighted by Crippen LogP contribution is -2.11. The van der Waals surface area contributed by atoms with Gasteiger partial charge in [-0.25, -0.2) is 3.96 Å². The normalized spacial score (nSPS) is 11.1. The van der Waals surface area contributed by atoms with Gasteiger partial charge in [0, 0.05) is 9.50 Å². The van der Waals surface area contributed by atoms with Gasteiger partial charge in [0.2, 0.25) is 0 Å². The maximum absolute atomic E-state index is 12.4. The van der Waals surface area contributed by atoms with Gasteiger partial charge in [-0.2, -0.15) is 0 Å². The molecular weight excluding hydrogens is 346 g/mol. The minimum atomic E-state index is -0.0128. The highest BCUT2D eigenvalue weighted by atomic mass is 79.9. The molecule has 3 aromatic rings. The first-order chi connectivity index (χ1) is 9.08. The summed E-state index contributed by atoms with van der Waals surface area (Å²) in [5.74, 6) is 0. The van der Waals surface area contributed by atoms with E-state index in [1.807, 2.05) is 43.3 Å². The second-order valence-electron chi connectivity index (χ2n) is 4.24. The number of aromatic nitrogens is 1. The molecule has 19 heavy (non-hydrogen) atoms. The lowest BCUT2D eigenvalue weighted by Gasteiger charge is -2.06. The van der Waals surface area contributed by atoms with Gasteiger partial charge in [-0.3, -0.25) is 4.79 Å². The molecule has 2 nitrogen and oxygen atoms in total. The second-order valence-corrected chi connectivity index (χ2v) is 6.49. The zero-order valence-corrected chi connectivity index (χ0v) is 13.1. The molecule has 1 aromatic heterocycles. The minimum absolute atomic E-state index is 0.0128. The van der Waals surface area contributed by atoms with Crippen molar-refractivity contribution in [2.24, 2.45) is 0 Å². The zero-order valence-electron chi connectivity index (χ0n) is 9.98. The van der Waals surface area contributed by atoms with Crippen molar-refractivity contribution >= 4 is 49.1 Å². The van der Waals surface area contributed by atoms with Gasteiger partial charge in [-0.15, -0.1) is 0 Å². The summed E-state index contributed by atoms with van der Waals surface area (Å²) in [6, 6.07) is 11.3. The standard InChI is InChI=1S/C14H9BrClNOS/c1-8-6-10(15)12(7-11(8)16)17-14(18)9-4-2-3-5-13(9)19-17/h2-7H,1H3. The molecule has 0 radical (unpaired) electrons. The van der Waals surface area contributed by atoms with Crippen molar-refractivity contribution in [2.45, 2.75) is 6.92 Å². The summed E-state index contributed by atoms with van der Waals surface area (Å²) >= 11 is 11.1. The Morgan fingerprint density at radius 1 is 1.26 bits per heavy atom. The molecule has 0 saturated heterocycles. The predicted molar refractivity (Wildman–Crippen MR) is 84.9 cm³/mol. The van der Waals surface area contributed by atoms with E-state index in [2.05, 4.69) is 15.9 Å². The van der Waals surface area contributed by atoms with E-state index in [0.29, 0.717) is 5.02 Å². The number of aryl methyl sites for hydroxylation is 1. The van der Waals surface area contributed by atoms with E-state index < -0.39 is 0 Å². The van der Waals surface area contributed by atoms with Crippen molar-refractivity contribution in [3.63, 3.8) is 0 Å². The van der Waals surface area contributed by atoms with E-state index in [1.165, 1.54) is 11.5 Å². The number of halogens is 2. The highest BCUT2D eigenvalue weighted by Crippen LogP contribution is 2.30. The third-order valence-corrected chi connectivity index (χ3v) is 5.08. The third kappa shape index (κ3) is 2.14. The Bertz CT molecular complexity index is 837. The Kier molecular flexibility index (Phi) is 3.25. The van der Waals surface area contributed by atoms with Crippen LogP contribution in [0.25, 0.3) is 15.8 Å². The third-order valence-electron chi connectivity index (χ3n) is 2.94. The van der Waals surface area contributed by atoms with E-state index in [9.17, 15) is 4.79 Å². The first kappa shape index (κ1) is 12.9. The van der Waals surface area contributed by atoms with Gasteiger partial charge in [0.25, 0.3) is 5.56 Å². The quantitative estimate of drug-likeness (QED) is 0.616. The Morgan fingerprint density at radius 2 is 2.00 bits per heavy atom. The van der Waals surface area contributed by atoms with E-state index in [-0.39, 0.29) is 5.56 Å². The minimum Gasteiger partial charge on any atom is -0.267 e. The molecule has 1 heterocycles. The molecule has 0 N–H and O–H groups in total. The van der Waals surface area contributed by atoms with Crippen molar-refractivity contribution in [2.75, 3.05) is 0 Å². The highest BCUT2D eigenvalue weighted by molar-refractivity contribution is 9.10. The maximum atomic E-state index is 12.4. The van der Waals surface area contributed by atoms with Crippen LogP contribution < -0.4 is 5.56 Å². The van der Waals surface area contributed by atoms with Crippen molar-refractivity contribution in [1.82, 2.24) is 3.96 Å². The van der Waals surface area contributed by atoms with Gasteiger partial charge in [-0.05, 0) is 52.7 Å². The molecule has 0 aliphatic carbocycles. The summed E-state index contributed by atoms with van der Waals surface area (Å²) in [6.45, 7) is 1.94. The largest absolute Gasteiger partial charge is 0.273 e. The topological polar surface area (TPSA) is 22.0 Å². The molecule has 0 atom stereocenters. The Morgan fingerprint density at radius 3 is 2.74 bits per heavy atom. The van der Waals surface area contributed by atoms with Crippen LogP contribution >= 0.6 is 39.1 Å². The summed E-state index contributed by atoms with van der Waals surface area (Å²) < 4.78 is 3.50. The van der Waals surface area contributed by atoms with Crippen LogP contribution in [-0.4, -0.2) is 3.96 Å². The summed E-state index contributed by atoms with van der Waals surface area (Å²) in [5.41, 5.74) is 1.74. The monoisotopic (exact) mass is 353 g/mol. The molecule has 0 amide bonds. The fourth-order valence-corrected chi connectivity index (χ4v) is 3.85. The van der Waals surface area contributed by atoms with Crippen LogP contribution in [-0.2, 0) is 0 Å². The Balaban J connectivity index is 2.34. The lowest BCUT2D eigenvalue weighted by molar-refractivity contribution is 1.13. The van der Waals surface area contributed by atoms with Gasteiger partial charge in [0.1, 0.15) is 0 Å². The van der Waals surface area contributed by atoms with Crippen LogP contribution in [0, 0.1) is 6.92 Å². The molecule has 0 aliphatic rings. The number of hydrogen-bond acceptors (Lipinski definition) is 2. The fourth-order valence-electron chi connectivity index (χ4n) is 1.92. The van der Waals surface area contributed by atoms with Crippen LogP contribution in [0.4, 0.5) is 0 Å². The van der Waals surface area contributed by atoms with Crippen LogP contribution in [0.3, 0.4) is 0 Å². The van der Waals surface area contributed by atoms with E-state index in [4.69, 9.17) is 11.6 Å². The highest BCUT2D eigenvalue weighted by Gasteiger charge is 2.12. The summed E-state index contributed by atoms with van der Waals surface area (Å²) in [6.07, 6.45) is 0. The molecule has 5 heteroatoms. The van der Waals surface area contributed by atoms with Gasteiger partial charge in [0.15, 0.2) is 0 Å². The predicted octanol–water partition coefficient (Wildman–Crippen LogP) is 4.78. The van der Waals surface area contributed by atoms with Crippen molar-refractivity contribution in [3.05, 3.63) is 61.8 Å². The first-order valence-electron chi connectivity index (χ1n) is 5.65. The summed E-state index contributed by atoms with van der Waals surface area (Å²) in [4.78, 5) is 12.4. The Labute approximate surface area is 127 Å². The summed E-state index contributed by atoms with van der Waals surface area (Å²) in [7, 11) is 0. The molecule has 96 valence electrons. The van der Waals surface area contributed by atoms with E-state index in [0.717, 1.165) is 25.8 Å². The molecule has 0 bridgehead atoms. The lowest BCUT2D eigenvalue weighted by atomic mass is 10.2. The zero-order chi connectivity index (χ0) is 13.6. The number of fused-ring (bicyclic) bond motifs is 1. The van der Waals surface area contributed by atoms with Gasteiger partial charge >= 0.3 is 0 Å². The summed E-state index contributed by atoms with van der Waals surface area (Å²) in [5, 5.41) is 1.39. The van der Waals surface area contributed by atoms with Crippen molar-refractivity contribution in [1.29, 1.82) is 0 Å². The van der Waals surface area contributed by atoms with Crippen LogP contribution in [0.15, 0.2) is 45.7 Å². The molecular formula is C14H9BrClNOS. The van der Waals surface area contributed by atoms with Crippen molar-refractivity contribution < 1.29 is 0 Å². The molecule has 0 saturated carbocycles. The second kappa shape index (κ2) is 4.78. The van der Waals surface area contributed by atoms with E-state index >= 15 is 0 Å². The average Bonchev–Trinajstić information content (AvgIpc) is 2.72. The molecule has 2 aromatic carbocycles. The average molecular weight is 355 g/mol.